The number of thioether (sulfide) groups is 1. The molecule has 1 aromatic heterocycles. The fourth-order valence-corrected chi connectivity index (χ4v) is 1.78. The number of aromatic carboxylic acids is 1. The summed E-state index contributed by atoms with van der Waals surface area (Å²) in [6, 6.07) is 1.29. The molecule has 0 amide bonds. The third-order valence-electron chi connectivity index (χ3n) is 1.65. The van der Waals surface area contributed by atoms with Gasteiger partial charge in [-0.3, -0.25) is 9.48 Å². The van der Waals surface area contributed by atoms with Gasteiger partial charge in [0.1, 0.15) is 5.69 Å². The summed E-state index contributed by atoms with van der Waals surface area (Å²) in [7, 11) is 1.56. The van der Waals surface area contributed by atoms with Crippen LogP contribution in [-0.4, -0.2) is 31.2 Å². The van der Waals surface area contributed by atoms with E-state index in [9.17, 15) is 9.59 Å². The Kier molecular flexibility index (Phi) is 3.52. The molecule has 15 heavy (non-hydrogen) atoms. The Hall–Kier alpha value is -1.30. The molecule has 1 aromatic rings. The van der Waals surface area contributed by atoms with E-state index in [1.165, 1.54) is 10.7 Å². The van der Waals surface area contributed by atoms with Crippen LogP contribution >= 0.6 is 11.8 Å². The summed E-state index contributed by atoms with van der Waals surface area (Å²) in [5.41, 5.74) is 0.205. The Bertz CT molecular complexity index is 398. The molecule has 0 bridgehead atoms. The molecular weight excluding hydrogens is 216 g/mol. The van der Waals surface area contributed by atoms with Crippen LogP contribution in [0.15, 0.2) is 6.07 Å². The predicted octanol–water partition coefficient (Wildman–Crippen LogP) is 1.40. The maximum Gasteiger partial charge on any atom is 0.356 e. The highest BCUT2D eigenvalue weighted by Gasteiger charge is 2.17. The van der Waals surface area contributed by atoms with E-state index in [1.54, 1.807) is 7.05 Å². The van der Waals surface area contributed by atoms with Gasteiger partial charge in [0.05, 0.1) is 0 Å². The normalized spacial score (nSPS) is 10.7. The summed E-state index contributed by atoms with van der Waals surface area (Å²) in [6.45, 7) is 3.80. The van der Waals surface area contributed by atoms with Crippen LogP contribution in [0, 0.1) is 0 Å². The zero-order valence-electron chi connectivity index (χ0n) is 8.72. The lowest BCUT2D eigenvalue weighted by Crippen LogP contribution is -2.06. The molecule has 82 valence electrons. The molecule has 0 saturated carbocycles. The topological polar surface area (TPSA) is 72.2 Å². The molecule has 0 aliphatic heterocycles. The maximum absolute atomic E-state index is 11.6. The molecule has 0 unspecified atom stereocenters. The lowest BCUT2D eigenvalue weighted by Gasteiger charge is -2.02. The first-order chi connectivity index (χ1) is 6.91. The van der Waals surface area contributed by atoms with Gasteiger partial charge in [-0.05, 0) is 0 Å². The van der Waals surface area contributed by atoms with Crippen molar-refractivity contribution in [2.45, 2.75) is 19.1 Å². The molecule has 0 radical (unpaired) electrons. The molecule has 0 aliphatic carbocycles. The standard InChI is InChI=1S/C9H12N2O3S/c1-5(2)15-9(14)7-4-6(8(12)13)10-11(7)3/h4-5H,1-3H3,(H,12,13). The van der Waals surface area contributed by atoms with Crippen LogP contribution in [0.5, 0.6) is 0 Å². The number of carbonyl (C=O) groups is 2. The number of aryl methyl sites for hydroxylation is 1. The van der Waals surface area contributed by atoms with Crippen LogP contribution in [0.1, 0.15) is 34.8 Å². The van der Waals surface area contributed by atoms with E-state index < -0.39 is 5.97 Å². The monoisotopic (exact) mass is 228 g/mol. The van der Waals surface area contributed by atoms with Gasteiger partial charge < -0.3 is 5.11 Å². The molecule has 0 fully saturated rings. The third kappa shape index (κ3) is 2.82. The molecular formula is C9H12N2O3S. The van der Waals surface area contributed by atoms with Crippen LogP contribution in [-0.2, 0) is 7.05 Å². The van der Waals surface area contributed by atoms with Gasteiger partial charge >= 0.3 is 5.97 Å². The van der Waals surface area contributed by atoms with Gasteiger partial charge in [-0.2, -0.15) is 5.10 Å². The van der Waals surface area contributed by atoms with E-state index in [4.69, 9.17) is 5.11 Å². The third-order valence-corrected chi connectivity index (χ3v) is 2.55. The van der Waals surface area contributed by atoms with Gasteiger partial charge in [0.15, 0.2) is 5.69 Å². The van der Waals surface area contributed by atoms with E-state index in [-0.39, 0.29) is 16.1 Å². The fourth-order valence-electron chi connectivity index (χ4n) is 1.04. The number of carboxylic acids is 1. The van der Waals surface area contributed by atoms with Crippen LogP contribution in [0.25, 0.3) is 0 Å². The van der Waals surface area contributed by atoms with E-state index in [0.717, 1.165) is 11.8 Å². The fraction of sp³-hybridized carbons (Fsp3) is 0.444. The Morgan fingerprint density at radius 3 is 2.53 bits per heavy atom. The molecule has 6 heteroatoms. The van der Waals surface area contributed by atoms with Crippen molar-refractivity contribution >= 4 is 22.8 Å². The Labute approximate surface area is 91.5 Å². The smallest absolute Gasteiger partial charge is 0.356 e. The van der Waals surface area contributed by atoms with E-state index >= 15 is 0 Å². The van der Waals surface area contributed by atoms with Crippen molar-refractivity contribution in [2.75, 3.05) is 0 Å². The van der Waals surface area contributed by atoms with E-state index in [2.05, 4.69) is 5.10 Å². The SMILES string of the molecule is CC(C)SC(=O)c1cc(C(=O)O)nn1C. The second-order valence-electron chi connectivity index (χ2n) is 3.30. The lowest BCUT2D eigenvalue weighted by atomic mass is 10.4. The van der Waals surface area contributed by atoms with Crippen LogP contribution in [0.4, 0.5) is 0 Å². The predicted molar refractivity (Wildman–Crippen MR) is 57.2 cm³/mol. The number of aromatic nitrogens is 2. The zero-order chi connectivity index (χ0) is 11.6. The van der Waals surface area contributed by atoms with Crippen molar-refractivity contribution in [2.24, 2.45) is 7.05 Å². The van der Waals surface area contributed by atoms with Gasteiger partial charge in [0, 0.05) is 18.4 Å². The first kappa shape index (κ1) is 11.8. The Balaban J connectivity index is 2.94. The highest BCUT2D eigenvalue weighted by Crippen LogP contribution is 2.17. The zero-order valence-corrected chi connectivity index (χ0v) is 9.54. The van der Waals surface area contributed by atoms with Gasteiger partial charge in [-0.25, -0.2) is 4.79 Å². The van der Waals surface area contributed by atoms with Crippen molar-refractivity contribution in [3.63, 3.8) is 0 Å². The van der Waals surface area contributed by atoms with Crippen molar-refractivity contribution in [1.82, 2.24) is 9.78 Å². The Morgan fingerprint density at radius 1 is 1.53 bits per heavy atom. The minimum absolute atomic E-state index is 0.106. The van der Waals surface area contributed by atoms with Crippen molar-refractivity contribution in [3.05, 3.63) is 17.5 Å². The summed E-state index contributed by atoms with van der Waals surface area (Å²) in [5.74, 6) is -1.13. The summed E-state index contributed by atoms with van der Waals surface area (Å²) in [6.07, 6.45) is 0. The quantitative estimate of drug-likeness (QED) is 0.846. The Morgan fingerprint density at radius 2 is 2.13 bits per heavy atom. The van der Waals surface area contributed by atoms with Crippen molar-refractivity contribution in [1.29, 1.82) is 0 Å². The minimum Gasteiger partial charge on any atom is -0.476 e. The number of nitrogens with zero attached hydrogens (tertiary/aromatic N) is 2. The molecule has 0 saturated heterocycles. The van der Waals surface area contributed by atoms with Gasteiger partial charge in [0.25, 0.3) is 0 Å². The maximum atomic E-state index is 11.6. The van der Waals surface area contributed by atoms with Gasteiger partial charge in [0.2, 0.25) is 5.12 Å². The van der Waals surface area contributed by atoms with Crippen molar-refractivity contribution in [3.8, 4) is 0 Å². The molecule has 0 aliphatic rings. The second kappa shape index (κ2) is 4.48. The first-order valence-corrected chi connectivity index (χ1v) is 5.28. The molecule has 0 spiro atoms. The minimum atomic E-state index is -1.13. The van der Waals surface area contributed by atoms with Gasteiger partial charge in [-0.15, -0.1) is 0 Å². The number of hydrogen-bond acceptors (Lipinski definition) is 4. The number of rotatable bonds is 3. The number of carbonyl (C=O) groups excluding carboxylic acids is 1. The highest BCUT2D eigenvalue weighted by atomic mass is 32.2. The molecule has 5 nitrogen and oxygen atoms in total. The second-order valence-corrected chi connectivity index (χ2v) is 4.85. The van der Waals surface area contributed by atoms with Crippen LogP contribution in [0.3, 0.4) is 0 Å². The average molecular weight is 228 g/mol. The highest BCUT2D eigenvalue weighted by molar-refractivity contribution is 8.14. The lowest BCUT2D eigenvalue weighted by molar-refractivity contribution is 0.0689. The van der Waals surface area contributed by atoms with E-state index in [0.29, 0.717) is 5.69 Å². The molecule has 1 N–H and O–H groups in total. The summed E-state index contributed by atoms with van der Waals surface area (Å²) >= 11 is 1.15. The molecule has 1 rings (SSSR count). The summed E-state index contributed by atoms with van der Waals surface area (Å²) in [5, 5.41) is 12.4. The largest absolute Gasteiger partial charge is 0.476 e. The molecule has 1 heterocycles. The average Bonchev–Trinajstić information content (AvgIpc) is 2.46. The van der Waals surface area contributed by atoms with E-state index in [1.807, 2.05) is 13.8 Å². The molecule has 0 atom stereocenters. The number of carboxylic acid groups (broad SMARTS) is 1. The number of hydrogen-bond donors (Lipinski definition) is 1. The molecule has 0 aromatic carbocycles. The van der Waals surface area contributed by atoms with Crippen molar-refractivity contribution < 1.29 is 14.7 Å². The van der Waals surface area contributed by atoms with Crippen LogP contribution < -0.4 is 0 Å². The van der Waals surface area contributed by atoms with Crippen LogP contribution in [0.2, 0.25) is 0 Å². The summed E-state index contributed by atoms with van der Waals surface area (Å²) in [4.78, 5) is 22.2. The summed E-state index contributed by atoms with van der Waals surface area (Å²) < 4.78 is 1.29. The first-order valence-electron chi connectivity index (χ1n) is 4.40. The van der Waals surface area contributed by atoms with Gasteiger partial charge in [-0.1, -0.05) is 25.6 Å².